The predicted octanol–water partition coefficient (Wildman–Crippen LogP) is 3.36. The molecule has 2 aromatic rings. The van der Waals surface area contributed by atoms with Gasteiger partial charge in [-0.25, -0.2) is 0 Å². The third-order valence-electron chi connectivity index (χ3n) is 3.79. The van der Waals surface area contributed by atoms with Gasteiger partial charge in [-0.2, -0.15) is 0 Å². The summed E-state index contributed by atoms with van der Waals surface area (Å²) in [6.45, 7) is 2.93. The van der Waals surface area contributed by atoms with E-state index in [1.54, 1.807) is 29.5 Å². The van der Waals surface area contributed by atoms with Gasteiger partial charge in [-0.3, -0.25) is 9.59 Å². The molecule has 1 aromatic carbocycles. The second kappa shape index (κ2) is 7.49. The van der Waals surface area contributed by atoms with E-state index in [0.29, 0.717) is 30.3 Å². The Balaban J connectivity index is 1.52. The molecular weight excluding hydrogens is 326 g/mol. The van der Waals surface area contributed by atoms with Crippen LogP contribution in [-0.4, -0.2) is 24.9 Å². The van der Waals surface area contributed by atoms with Crippen molar-refractivity contribution in [3.63, 3.8) is 0 Å². The average Bonchev–Trinajstić information content (AvgIpc) is 3.14. The largest absolute Gasteiger partial charge is 0.486 e. The molecule has 1 aliphatic heterocycles. The maximum atomic E-state index is 12.3. The number of hydrogen-bond donors (Lipinski definition) is 1. The van der Waals surface area contributed by atoms with Crippen molar-refractivity contribution in [1.82, 2.24) is 5.32 Å². The number of ketones is 1. The van der Waals surface area contributed by atoms with Gasteiger partial charge in [-0.1, -0.05) is 6.07 Å². The van der Waals surface area contributed by atoms with E-state index in [2.05, 4.69) is 5.32 Å². The maximum absolute atomic E-state index is 12.3. The lowest BCUT2D eigenvalue weighted by molar-refractivity contribution is -0.121. The van der Waals surface area contributed by atoms with Crippen LogP contribution in [0.25, 0.3) is 0 Å². The topological polar surface area (TPSA) is 64.6 Å². The summed E-state index contributed by atoms with van der Waals surface area (Å²) in [4.78, 5) is 25.4. The third kappa shape index (κ3) is 3.94. The highest BCUT2D eigenvalue weighted by molar-refractivity contribution is 7.10. The van der Waals surface area contributed by atoms with Gasteiger partial charge >= 0.3 is 0 Å². The fraction of sp³-hybridized carbons (Fsp3) is 0.333. The molecule has 1 aromatic heterocycles. The Morgan fingerprint density at radius 3 is 2.71 bits per heavy atom. The normalized spacial score (nSPS) is 14.0. The highest BCUT2D eigenvalue weighted by Gasteiger charge is 2.16. The van der Waals surface area contributed by atoms with Crippen LogP contribution < -0.4 is 14.8 Å². The molecule has 5 nitrogen and oxygen atoms in total. The van der Waals surface area contributed by atoms with Gasteiger partial charge in [0.15, 0.2) is 17.3 Å². The molecule has 0 saturated heterocycles. The Kier molecular flexibility index (Phi) is 5.15. The smallest absolute Gasteiger partial charge is 0.220 e. The van der Waals surface area contributed by atoms with Crippen molar-refractivity contribution in [1.29, 1.82) is 0 Å². The molecule has 0 fully saturated rings. The number of carbonyl (C=O) groups is 2. The predicted molar refractivity (Wildman–Crippen MR) is 91.9 cm³/mol. The molecule has 1 atom stereocenters. The summed E-state index contributed by atoms with van der Waals surface area (Å²) in [5.74, 6) is 1.04. The molecule has 0 saturated carbocycles. The minimum absolute atomic E-state index is 0.0399. The minimum Gasteiger partial charge on any atom is -0.486 e. The van der Waals surface area contributed by atoms with Crippen LogP contribution in [-0.2, 0) is 4.79 Å². The average molecular weight is 345 g/mol. The Morgan fingerprint density at radius 2 is 1.96 bits per heavy atom. The van der Waals surface area contributed by atoms with E-state index in [-0.39, 0.29) is 30.6 Å². The lowest BCUT2D eigenvalue weighted by atomic mass is 10.1. The third-order valence-corrected chi connectivity index (χ3v) is 4.85. The number of benzene rings is 1. The summed E-state index contributed by atoms with van der Waals surface area (Å²) in [6, 6.07) is 9.03. The van der Waals surface area contributed by atoms with E-state index in [1.807, 2.05) is 24.4 Å². The molecule has 0 bridgehead atoms. The maximum Gasteiger partial charge on any atom is 0.220 e. The first-order chi connectivity index (χ1) is 11.6. The van der Waals surface area contributed by atoms with Gasteiger partial charge in [0.1, 0.15) is 13.2 Å². The number of nitrogens with one attached hydrogen (secondary N) is 1. The SMILES string of the molecule is C[C@@H](NC(=O)CCC(=O)c1ccc2c(c1)OCCO2)c1cccs1. The monoisotopic (exact) mass is 345 g/mol. The lowest BCUT2D eigenvalue weighted by Gasteiger charge is -2.18. The molecule has 0 radical (unpaired) electrons. The van der Waals surface area contributed by atoms with Crippen LogP contribution in [0.3, 0.4) is 0 Å². The number of thiophene rings is 1. The van der Waals surface area contributed by atoms with Gasteiger partial charge in [-0.15, -0.1) is 11.3 Å². The van der Waals surface area contributed by atoms with Gasteiger partial charge in [0.2, 0.25) is 5.91 Å². The standard InChI is InChI=1S/C18H19NO4S/c1-12(17-3-2-10-24-17)19-18(21)7-5-14(20)13-4-6-15-16(11-13)23-9-8-22-15/h2-4,6,10-12H,5,7-9H2,1H3,(H,19,21)/t12-/m1/s1. The number of amides is 1. The lowest BCUT2D eigenvalue weighted by Crippen LogP contribution is -2.26. The van der Waals surface area contributed by atoms with Gasteiger partial charge in [0, 0.05) is 23.3 Å². The van der Waals surface area contributed by atoms with Gasteiger partial charge < -0.3 is 14.8 Å². The number of fused-ring (bicyclic) bond motifs is 1. The van der Waals surface area contributed by atoms with Crippen LogP contribution in [0.1, 0.15) is 41.0 Å². The molecule has 0 aliphatic carbocycles. The van der Waals surface area contributed by atoms with Crippen LogP contribution in [0.5, 0.6) is 11.5 Å². The zero-order valence-electron chi connectivity index (χ0n) is 13.4. The Labute approximate surface area is 144 Å². The molecule has 1 N–H and O–H groups in total. The highest BCUT2D eigenvalue weighted by Crippen LogP contribution is 2.31. The van der Waals surface area contributed by atoms with Crippen molar-refractivity contribution >= 4 is 23.0 Å². The van der Waals surface area contributed by atoms with Gasteiger partial charge in [0.05, 0.1) is 6.04 Å². The van der Waals surface area contributed by atoms with E-state index in [4.69, 9.17) is 9.47 Å². The minimum atomic E-state index is -0.123. The Hall–Kier alpha value is -2.34. The molecule has 0 spiro atoms. The van der Waals surface area contributed by atoms with Crippen molar-refractivity contribution in [3.8, 4) is 11.5 Å². The number of hydrogen-bond acceptors (Lipinski definition) is 5. The molecule has 24 heavy (non-hydrogen) atoms. The molecule has 6 heteroatoms. The molecule has 0 unspecified atom stereocenters. The quantitative estimate of drug-likeness (QED) is 0.816. The fourth-order valence-corrected chi connectivity index (χ4v) is 3.25. The highest BCUT2D eigenvalue weighted by atomic mass is 32.1. The zero-order valence-corrected chi connectivity index (χ0v) is 14.2. The molecule has 3 rings (SSSR count). The zero-order chi connectivity index (χ0) is 16.9. The summed E-state index contributed by atoms with van der Waals surface area (Å²) in [7, 11) is 0. The van der Waals surface area contributed by atoms with Crippen LogP contribution in [0.4, 0.5) is 0 Å². The van der Waals surface area contributed by atoms with Crippen molar-refractivity contribution in [3.05, 3.63) is 46.2 Å². The molecule has 126 valence electrons. The summed E-state index contributed by atoms with van der Waals surface area (Å²) < 4.78 is 10.9. The Morgan fingerprint density at radius 1 is 1.17 bits per heavy atom. The second-order valence-corrected chi connectivity index (χ2v) is 6.57. The summed E-state index contributed by atoms with van der Waals surface area (Å²) in [6.07, 6.45) is 0.339. The van der Waals surface area contributed by atoms with Crippen molar-refractivity contribution in [2.45, 2.75) is 25.8 Å². The number of carbonyl (C=O) groups excluding carboxylic acids is 2. The van der Waals surface area contributed by atoms with Crippen LogP contribution >= 0.6 is 11.3 Å². The molecule has 2 heterocycles. The second-order valence-electron chi connectivity index (χ2n) is 5.59. The fourth-order valence-electron chi connectivity index (χ4n) is 2.51. The first-order valence-corrected chi connectivity index (χ1v) is 8.77. The Bertz CT molecular complexity index is 727. The number of rotatable bonds is 6. The first-order valence-electron chi connectivity index (χ1n) is 7.89. The van der Waals surface area contributed by atoms with Gasteiger partial charge in [0.25, 0.3) is 0 Å². The van der Waals surface area contributed by atoms with E-state index in [1.165, 1.54) is 0 Å². The summed E-state index contributed by atoms with van der Waals surface area (Å²) in [5.41, 5.74) is 0.540. The van der Waals surface area contributed by atoms with Crippen molar-refractivity contribution < 1.29 is 19.1 Å². The van der Waals surface area contributed by atoms with E-state index in [0.717, 1.165) is 4.88 Å². The van der Waals surface area contributed by atoms with Crippen LogP contribution in [0.2, 0.25) is 0 Å². The number of Topliss-reactive ketones (excluding diaryl/α,β-unsaturated/α-hetero) is 1. The van der Waals surface area contributed by atoms with Crippen molar-refractivity contribution in [2.24, 2.45) is 0 Å². The first kappa shape index (κ1) is 16.5. The van der Waals surface area contributed by atoms with Crippen LogP contribution in [0, 0.1) is 0 Å². The summed E-state index contributed by atoms with van der Waals surface area (Å²) in [5, 5.41) is 4.89. The van der Waals surface area contributed by atoms with E-state index < -0.39 is 0 Å². The summed E-state index contributed by atoms with van der Waals surface area (Å²) >= 11 is 1.60. The number of ether oxygens (including phenoxy) is 2. The molecular formula is C18H19NO4S. The van der Waals surface area contributed by atoms with Crippen molar-refractivity contribution in [2.75, 3.05) is 13.2 Å². The molecule has 1 aliphatic rings. The van der Waals surface area contributed by atoms with E-state index >= 15 is 0 Å². The van der Waals surface area contributed by atoms with Gasteiger partial charge in [-0.05, 0) is 36.6 Å². The molecule has 1 amide bonds. The van der Waals surface area contributed by atoms with Crippen LogP contribution in [0.15, 0.2) is 35.7 Å². The van der Waals surface area contributed by atoms with E-state index in [9.17, 15) is 9.59 Å².